The first kappa shape index (κ1) is 20.1. The van der Waals surface area contributed by atoms with Crippen molar-refractivity contribution < 1.29 is 56.9 Å². The standard InChI is InChI=1S/C6H16N2O6S2.Na.H/c1-5(15(9,10)11)8(4-3-7)6(2)16(12,13)14;;/h5-6H,3-4,7H2,1-2H3,(H,9,10,11)(H,12,13,14);;/q;+1;-1. The minimum Gasteiger partial charge on any atom is -1.00 e. The number of rotatable bonds is 6. The molecule has 0 fully saturated rings. The molecule has 0 spiro atoms. The Morgan fingerprint density at radius 1 is 1.12 bits per heavy atom. The van der Waals surface area contributed by atoms with E-state index in [2.05, 4.69) is 0 Å². The van der Waals surface area contributed by atoms with Crippen LogP contribution in [0.25, 0.3) is 0 Å². The van der Waals surface area contributed by atoms with Crippen LogP contribution in [0.4, 0.5) is 0 Å². The molecule has 0 amide bonds. The summed E-state index contributed by atoms with van der Waals surface area (Å²) in [6, 6.07) is 0. The molecule has 0 bridgehead atoms. The van der Waals surface area contributed by atoms with E-state index >= 15 is 0 Å². The molecule has 0 aliphatic carbocycles. The molecule has 0 saturated carbocycles. The molecule has 17 heavy (non-hydrogen) atoms. The minimum absolute atomic E-state index is 0. The molecule has 11 heteroatoms. The maximum atomic E-state index is 10.9. The van der Waals surface area contributed by atoms with Crippen LogP contribution in [0.3, 0.4) is 0 Å². The first-order valence-corrected chi connectivity index (χ1v) is 7.41. The van der Waals surface area contributed by atoms with Crippen molar-refractivity contribution in [3.8, 4) is 0 Å². The van der Waals surface area contributed by atoms with Gasteiger partial charge in [-0.15, -0.1) is 0 Å². The largest absolute Gasteiger partial charge is 1.00 e. The Bertz CT molecular complexity index is 389. The summed E-state index contributed by atoms with van der Waals surface area (Å²) in [6.07, 6.45) is 0. The van der Waals surface area contributed by atoms with Crippen LogP contribution in [0.5, 0.6) is 0 Å². The van der Waals surface area contributed by atoms with Crippen molar-refractivity contribution in [2.75, 3.05) is 13.1 Å². The molecular formula is C6H17N2NaO6S2. The summed E-state index contributed by atoms with van der Waals surface area (Å²) in [5.41, 5.74) is 5.20. The van der Waals surface area contributed by atoms with E-state index in [9.17, 15) is 16.8 Å². The third kappa shape index (κ3) is 6.45. The molecule has 0 saturated heterocycles. The van der Waals surface area contributed by atoms with E-state index in [4.69, 9.17) is 14.8 Å². The van der Waals surface area contributed by atoms with Gasteiger partial charge in [0.15, 0.2) is 0 Å². The van der Waals surface area contributed by atoms with Gasteiger partial charge in [0.1, 0.15) is 10.7 Å². The minimum atomic E-state index is -4.43. The van der Waals surface area contributed by atoms with E-state index in [0.717, 1.165) is 18.7 Å². The van der Waals surface area contributed by atoms with Crippen LogP contribution in [0.1, 0.15) is 15.3 Å². The second-order valence-electron chi connectivity index (χ2n) is 3.26. The smallest absolute Gasteiger partial charge is 1.00 e. The molecule has 0 aliphatic heterocycles. The number of hydrogen-bond acceptors (Lipinski definition) is 6. The molecule has 2 atom stereocenters. The second kappa shape index (κ2) is 7.36. The maximum Gasteiger partial charge on any atom is 1.00 e. The summed E-state index contributed by atoms with van der Waals surface area (Å²) in [4.78, 5) is 0.880. The van der Waals surface area contributed by atoms with Gasteiger partial charge < -0.3 is 7.16 Å². The SMILES string of the molecule is CC(N(CCN)C(C)S(=O)(=O)O)S(=O)(=O)O.[H-].[Na+]. The van der Waals surface area contributed by atoms with Crippen LogP contribution in [0.15, 0.2) is 0 Å². The first-order chi connectivity index (χ1) is 7.01. The molecule has 2 unspecified atom stereocenters. The molecule has 8 nitrogen and oxygen atoms in total. The van der Waals surface area contributed by atoms with Gasteiger partial charge in [0.05, 0.1) is 0 Å². The van der Waals surface area contributed by atoms with Gasteiger partial charge in [-0.3, -0.25) is 14.0 Å². The topological polar surface area (TPSA) is 138 Å². The van der Waals surface area contributed by atoms with Crippen molar-refractivity contribution in [1.29, 1.82) is 0 Å². The average Bonchev–Trinajstić information content (AvgIpc) is 2.09. The third-order valence-electron chi connectivity index (χ3n) is 2.18. The number of nitrogens with two attached hydrogens (primary N) is 1. The second-order valence-corrected chi connectivity index (χ2v) is 6.68. The molecule has 0 aromatic carbocycles. The van der Waals surface area contributed by atoms with Crippen molar-refractivity contribution >= 4 is 20.2 Å². The monoisotopic (exact) mass is 300 g/mol. The van der Waals surface area contributed by atoms with Gasteiger partial charge in [-0.05, 0) is 13.8 Å². The fraction of sp³-hybridized carbons (Fsp3) is 1.00. The molecule has 0 rings (SSSR count). The fourth-order valence-corrected chi connectivity index (χ4v) is 2.49. The van der Waals surface area contributed by atoms with Crippen LogP contribution in [-0.4, -0.2) is 54.7 Å². The van der Waals surface area contributed by atoms with Crippen molar-refractivity contribution in [3.05, 3.63) is 0 Å². The van der Waals surface area contributed by atoms with Crippen LogP contribution >= 0.6 is 0 Å². The van der Waals surface area contributed by atoms with Gasteiger partial charge in [-0.25, -0.2) is 0 Å². The van der Waals surface area contributed by atoms with E-state index in [1.807, 2.05) is 0 Å². The molecule has 100 valence electrons. The Balaban J connectivity index is -0.00000112. The molecule has 0 aromatic rings. The van der Waals surface area contributed by atoms with E-state index in [1.165, 1.54) is 0 Å². The van der Waals surface area contributed by atoms with Crippen LogP contribution < -0.4 is 35.3 Å². The average molecular weight is 300 g/mol. The quantitative estimate of drug-likeness (QED) is 0.332. The molecular weight excluding hydrogens is 283 g/mol. The van der Waals surface area contributed by atoms with E-state index < -0.39 is 31.0 Å². The van der Waals surface area contributed by atoms with Crippen molar-refractivity contribution in [2.45, 2.75) is 24.6 Å². The van der Waals surface area contributed by atoms with Crippen molar-refractivity contribution in [3.63, 3.8) is 0 Å². The predicted molar refractivity (Wildman–Crippen MR) is 58.9 cm³/mol. The molecule has 4 N–H and O–H groups in total. The van der Waals surface area contributed by atoms with Crippen LogP contribution in [0, 0.1) is 0 Å². The number of nitrogens with zero attached hydrogens (tertiary/aromatic N) is 1. The van der Waals surface area contributed by atoms with Crippen LogP contribution in [-0.2, 0) is 20.2 Å². The first-order valence-electron chi connectivity index (χ1n) is 4.40. The molecule has 0 aromatic heterocycles. The van der Waals surface area contributed by atoms with Gasteiger partial charge in [-0.1, -0.05) is 0 Å². The van der Waals surface area contributed by atoms with Crippen LogP contribution in [0.2, 0.25) is 0 Å². The van der Waals surface area contributed by atoms with Gasteiger partial charge in [0, 0.05) is 13.1 Å². The van der Waals surface area contributed by atoms with Crippen molar-refractivity contribution in [1.82, 2.24) is 4.90 Å². The zero-order valence-electron chi connectivity index (χ0n) is 10.9. The number of hydrogen-bond donors (Lipinski definition) is 3. The van der Waals surface area contributed by atoms with Crippen molar-refractivity contribution in [2.24, 2.45) is 5.73 Å². The summed E-state index contributed by atoms with van der Waals surface area (Å²) in [7, 11) is -8.87. The molecule has 0 heterocycles. The summed E-state index contributed by atoms with van der Waals surface area (Å²) in [6.45, 7) is 2.10. The molecule has 0 radical (unpaired) electrons. The van der Waals surface area contributed by atoms with Gasteiger partial charge >= 0.3 is 29.6 Å². The maximum absolute atomic E-state index is 10.9. The normalized spacial score (nSPS) is 16.4. The summed E-state index contributed by atoms with van der Waals surface area (Å²) < 4.78 is 61.1. The summed E-state index contributed by atoms with van der Waals surface area (Å²) in [5.74, 6) is 0. The zero-order valence-corrected chi connectivity index (χ0v) is 13.6. The van der Waals surface area contributed by atoms with Gasteiger partial charge in [-0.2, -0.15) is 16.8 Å². The third-order valence-corrected chi connectivity index (χ3v) is 4.45. The Labute approximate surface area is 125 Å². The Morgan fingerprint density at radius 2 is 1.41 bits per heavy atom. The van der Waals surface area contributed by atoms with E-state index in [-0.39, 0.29) is 44.1 Å². The predicted octanol–water partition coefficient (Wildman–Crippen LogP) is -4.17. The summed E-state index contributed by atoms with van der Waals surface area (Å²) in [5, 5.41) is -2.93. The van der Waals surface area contributed by atoms with E-state index in [1.54, 1.807) is 0 Å². The van der Waals surface area contributed by atoms with Gasteiger partial charge in [0.2, 0.25) is 0 Å². The Hall–Kier alpha value is 0.740. The van der Waals surface area contributed by atoms with Gasteiger partial charge in [0.25, 0.3) is 20.2 Å². The molecule has 0 aliphatic rings. The summed E-state index contributed by atoms with van der Waals surface area (Å²) >= 11 is 0. The Morgan fingerprint density at radius 3 is 1.59 bits per heavy atom. The van der Waals surface area contributed by atoms with E-state index in [0.29, 0.717) is 0 Å². The zero-order chi connectivity index (χ0) is 13.1. The fourth-order valence-electron chi connectivity index (χ4n) is 1.15. The Kier molecular flexibility index (Phi) is 8.69.